The summed E-state index contributed by atoms with van der Waals surface area (Å²) >= 11 is 0. The highest BCUT2D eigenvalue weighted by atomic mass is 14.9. The Morgan fingerprint density at radius 1 is 1.14 bits per heavy atom. The lowest BCUT2D eigenvalue weighted by Crippen LogP contribution is -2.41. The number of benzene rings is 1. The molecule has 1 atom stereocenters. The second kappa shape index (κ2) is 7.45. The van der Waals surface area contributed by atoms with Crippen molar-refractivity contribution < 1.29 is 0 Å². The van der Waals surface area contributed by atoms with Crippen LogP contribution in [0, 0.1) is 5.41 Å². The minimum Gasteiger partial charge on any atom is -0.313 e. The first-order valence-electron chi connectivity index (χ1n) is 8.83. The Morgan fingerprint density at radius 3 is 2.29 bits per heavy atom. The maximum absolute atomic E-state index is 3.73. The summed E-state index contributed by atoms with van der Waals surface area (Å²) in [5.74, 6) is 0.854. The second-order valence-corrected chi connectivity index (χ2v) is 7.78. The van der Waals surface area contributed by atoms with Gasteiger partial charge in [0.15, 0.2) is 0 Å². The van der Waals surface area contributed by atoms with Gasteiger partial charge in [-0.25, -0.2) is 0 Å². The highest BCUT2D eigenvalue weighted by Crippen LogP contribution is 2.36. The van der Waals surface area contributed by atoms with Gasteiger partial charge in [-0.05, 0) is 61.1 Å². The predicted molar refractivity (Wildman–Crippen MR) is 92.9 cm³/mol. The highest BCUT2D eigenvalue weighted by Gasteiger charge is 2.23. The van der Waals surface area contributed by atoms with Gasteiger partial charge in [0, 0.05) is 6.04 Å². The maximum atomic E-state index is 3.73. The SMILES string of the molecule is CCCNC(CCc1ccc(C2CCC2)cc1)C(C)(C)C. The smallest absolute Gasteiger partial charge is 0.0119 e. The molecular formula is C20H33N. The van der Waals surface area contributed by atoms with Gasteiger partial charge in [0.2, 0.25) is 0 Å². The fourth-order valence-electron chi connectivity index (χ4n) is 3.17. The number of nitrogens with one attached hydrogen (secondary N) is 1. The molecule has 1 aliphatic carbocycles. The predicted octanol–water partition coefficient (Wildman–Crippen LogP) is 5.30. The number of hydrogen-bond donors (Lipinski definition) is 1. The van der Waals surface area contributed by atoms with Gasteiger partial charge >= 0.3 is 0 Å². The molecule has 1 nitrogen and oxygen atoms in total. The zero-order valence-corrected chi connectivity index (χ0v) is 14.4. The molecule has 0 aliphatic heterocycles. The van der Waals surface area contributed by atoms with Crippen LogP contribution in [0.2, 0.25) is 0 Å². The third-order valence-electron chi connectivity index (χ3n) is 4.96. The van der Waals surface area contributed by atoms with Gasteiger partial charge in [0.1, 0.15) is 0 Å². The lowest BCUT2D eigenvalue weighted by atomic mass is 9.79. The molecule has 0 amide bonds. The van der Waals surface area contributed by atoms with Crippen LogP contribution in [0.1, 0.15) is 76.8 Å². The van der Waals surface area contributed by atoms with Gasteiger partial charge in [0.25, 0.3) is 0 Å². The van der Waals surface area contributed by atoms with Crippen molar-refractivity contribution in [1.29, 1.82) is 0 Å². The van der Waals surface area contributed by atoms with E-state index in [9.17, 15) is 0 Å². The molecule has 0 bridgehead atoms. The summed E-state index contributed by atoms with van der Waals surface area (Å²) in [4.78, 5) is 0. The standard InChI is InChI=1S/C20H33N/c1-5-15-21-19(20(2,3)4)14-11-16-9-12-18(13-10-16)17-7-6-8-17/h9-10,12-13,17,19,21H,5-8,11,14-15H2,1-4H3. The minimum atomic E-state index is 0.334. The van der Waals surface area contributed by atoms with Crippen molar-refractivity contribution in [2.75, 3.05) is 6.54 Å². The van der Waals surface area contributed by atoms with Gasteiger partial charge in [-0.2, -0.15) is 0 Å². The Kier molecular flexibility index (Phi) is 5.87. The molecule has 2 rings (SSSR count). The molecule has 0 heterocycles. The van der Waals surface area contributed by atoms with E-state index in [-0.39, 0.29) is 0 Å². The summed E-state index contributed by atoms with van der Waals surface area (Å²) in [6, 6.07) is 10.0. The summed E-state index contributed by atoms with van der Waals surface area (Å²) in [5.41, 5.74) is 3.38. The average molecular weight is 287 g/mol. The summed E-state index contributed by atoms with van der Waals surface area (Å²) < 4.78 is 0. The minimum absolute atomic E-state index is 0.334. The number of aryl methyl sites for hydroxylation is 1. The fourth-order valence-corrected chi connectivity index (χ4v) is 3.17. The van der Waals surface area contributed by atoms with E-state index < -0.39 is 0 Å². The molecule has 1 saturated carbocycles. The average Bonchev–Trinajstić information content (AvgIpc) is 2.37. The molecule has 0 radical (unpaired) electrons. The molecular weight excluding hydrogens is 254 g/mol. The van der Waals surface area contributed by atoms with E-state index in [1.54, 1.807) is 5.56 Å². The van der Waals surface area contributed by atoms with Crippen molar-refractivity contribution in [2.45, 2.75) is 78.2 Å². The molecule has 1 aromatic carbocycles. The van der Waals surface area contributed by atoms with Gasteiger partial charge in [0.05, 0.1) is 0 Å². The van der Waals surface area contributed by atoms with Crippen molar-refractivity contribution in [3.8, 4) is 0 Å². The van der Waals surface area contributed by atoms with Crippen LogP contribution in [-0.2, 0) is 6.42 Å². The zero-order valence-electron chi connectivity index (χ0n) is 14.4. The lowest BCUT2D eigenvalue weighted by molar-refractivity contribution is 0.255. The van der Waals surface area contributed by atoms with Crippen molar-refractivity contribution in [3.63, 3.8) is 0 Å². The van der Waals surface area contributed by atoms with E-state index in [4.69, 9.17) is 0 Å². The van der Waals surface area contributed by atoms with Gasteiger partial charge in [-0.1, -0.05) is 58.4 Å². The van der Waals surface area contributed by atoms with Crippen molar-refractivity contribution in [3.05, 3.63) is 35.4 Å². The molecule has 1 fully saturated rings. The van der Waals surface area contributed by atoms with E-state index in [0.717, 1.165) is 12.5 Å². The Morgan fingerprint density at radius 2 is 1.81 bits per heavy atom. The molecule has 1 heteroatoms. The van der Waals surface area contributed by atoms with E-state index >= 15 is 0 Å². The highest BCUT2D eigenvalue weighted by molar-refractivity contribution is 5.26. The Bertz CT molecular complexity index is 408. The van der Waals surface area contributed by atoms with Gasteiger partial charge in [-0.3, -0.25) is 0 Å². The van der Waals surface area contributed by atoms with Gasteiger partial charge < -0.3 is 5.32 Å². The van der Waals surface area contributed by atoms with Crippen LogP contribution in [0.4, 0.5) is 0 Å². The zero-order chi connectivity index (χ0) is 15.3. The largest absolute Gasteiger partial charge is 0.313 e. The molecule has 0 spiro atoms. The fraction of sp³-hybridized carbons (Fsp3) is 0.700. The van der Waals surface area contributed by atoms with E-state index in [0.29, 0.717) is 11.5 Å². The maximum Gasteiger partial charge on any atom is 0.0119 e. The summed E-state index contributed by atoms with van der Waals surface area (Å²) in [7, 11) is 0. The van der Waals surface area contributed by atoms with E-state index in [1.165, 1.54) is 44.1 Å². The molecule has 118 valence electrons. The molecule has 1 unspecified atom stereocenters. The summed E-state index contributed by atoms with van der Waals surface area (Å²) in [5, 5.41) is 3.73. The van der Waals surface area contributed by atoms with Crippen molar-refractivity contribution in [1.82, 2.24) is 5.32 Å². The molecule has 0 saturated heterocycles. The molecule has 1 aliphatic rings. The van der Waals surface area contributed by atoms with Crippen LogP contribution in [0.25, 0.3) is 0 Å². The molecule has 1 N–H and O–H groups in total. The third-order valence-corrected chi connectivity index (χ3v) is 4.96. The normalized spacial score (nSPS) is 17.5. The lowest BCUT2D eigenvalue weighted by Gasteiger charge is -2.32. The van der Waals surface area contributed by atoms with Crippen LogP contribution in [0.15, 0.2) is 24.3 Å². The van der Waals surface area contributed by atoms with E-state index in [1.807, 2.05) is 0 Å². The Labute approximate surface area is 131 Å². The molecule has 0 aromatic heterocycles. The first kappa shape index (κ1) is 16.5. The third kappa shape index (κ3) is 4.85. The monoisotopic (exact) mass is 287 g/mol. The van der Waals surface area contributed by atoms with Crippen LogP contribution in [0.3, 0.4) is 0 Å². The first-order valence-corrected chi connectivity index (χ1v) is 8.83. The van der Waals surface area contributed by atoms with Gasteiger partial charge in [-0.15, -0.1) is 0 Å². The summed E-state index contributed by atoms with van der Waals surface area (Å²) in [6.45, 7) is 10.4. The van der Waals surface area contributed by atoms with Crippen molar-refractivity contribution in [2.24, 2.45) is 5.41 Å². The van der Waals surface area contributed by atoms with Crippen LogP contribution < -0.4 is 5.32 Å². The van der Waals surface area contributed by atoms with E-state index in [2.05, 4.69) is 57.3 Å². The molecule has 1 aromatic rings. The van der Waals surface area contributed by atoms with Crippen LogP contribution in [-0.4, -0.2) is 12.6 Å². The number of hydrogen-bond acceptors (Lipinski definition) is 1. The topological polar surface area (TPSA) is 12.0 Å². The Balaban J connectivity index is 1.87. The second-order valence-electron chi connectivity index (χ2n) is 7.78. The number of rotatable bonds is 7. The summed E-state index contributed by atoms with van der Waals surface area (Å²) in [6.07, 6.45) is 7.83. The first-order chi connectivity index (χ1) is 10.0. The van der Waals surface area contributed by atoms with Crippen LogP contribution >= 0.6 is 0 Å². The molecule has 21 heavy (non-hydrogen) atoms. The van der Waals surface area contributed by atoms with Crippen LogP contribution in [0.5, 0.6) is 0 Å². The quantitative estimate of drug-likeness (QED) is 0.717. The van der Waals surface area contributed by atoms with Crippen molar-refractivity contribution >= 4 is 0 Å². The Hall–Kier alpha value is -0.820.